The average Bonchev–Trinajstić information content (AvgIpc) is 2.69. The summed E-state index contributed by atoms with van der Waals surface area (Å²) in [7, 11) is 0. The summed E-state index contributed by atoms with van der Waals surface area (Å²) in [6, 6.07) is 8.15. The Balaban J connectivity index is 2.22. The molecule has 0 radical (unpaired) electrons. The summed E-state index contributed by atoms with van der Waals surface area (Å²) in [6.07, 6.45) is 0. The van der Waals surface area contributed by atoms with Crippen LogP contribution in [-0.4, -0.2) is 6.54 Å². The molecule has 1 nitrogen and oxygen atoms in total. The Morgan fingerprint density at radius 2 is 1.86 bits per heavy atom. The van der Waals surface area contributed by atoms with Crippen LogP contribution in [0.4, 0.5) is 0 Å². The number of rotatable bonds is 2. The minimum absolute atomic E-state index is 0.364. The molecule has 1 aliphatic rings. The lowest BCUT2D eigenvalue weighted by molar-refractivity contribution is 0.558. The third-order valence-electron chi connectivity index (χ3n) is 3.53. The molecule has 0 aliphatic heterocycles. The number of hydrogen-bond acceptors (Lipinski definition) is 1. The summed E-state index contributed by atoms with van der Waals surface area (Å²) in [6.45, 7) is 5.34. The van der Waals surface area contributed by atoms with Crippen LogP contribution in [0.5, 0.6) is 0 Å². The van der Waals surface area contributed by atoms with E-state index < -0.39 is 0 Å². The molecule has 2 N–H and O–H groups in total. The van der Waals surface area contributed by atoms with Gasteiger partial charge in [-0.1, -0.05) is 37.6 Å². The number of benzene rings is 1. The second-order valence-electron chi connectivity index (χ2n) is 4.69. The summed E-state index contributed by atoms with van der Waals surface area (Å²) >= 11 is 5.85. The van der Waals surface area contributed by atoms with E-state index in [9.17, 15) is 0 Å². The fourth-order valence-electron chi connectivity index (χ4n) is 2.52. The molecule has 1 aromatic carbocycles. The van der Waals surface area contributed by atoms with Crippen LogP contribution in [0.2, 0.25) is 5.02 Å². The highest BCUT2D eigenvalue weighted by molar-refractivity contribution is 6.30. The molecule has 1 saturated carbocycles. The molecule has 0 heterocycles. The van der Waals surface area contributed by atoms with Gasteiger partial charge in [0.25, 0.3) is 0 Å². The van der Waals surface area contributed by atoms with Gasteiger partial charge in [0.1, 0.15) is 0 Å². The van der Waals surface area contributed by atoms with Crippen molar-refractivity contribution in [2.75, 3.05) is 6.54 Å². The van der Waals surface area contributed by atoms with Gasteiger partial charge >= 0.3 is 0 Å². The predicted octanol–water partition coefficient (Wildman–Crippen LogP) is 3.04. The molecule has 14 heavy (non-hydrogen) atoms. The predicted molar refractivity (Wildman–Crippen MR) is 60.5 cm³/mol. The van der Waals surface area contributed by atoms with Crippen molar-refractivity contribution in [2.45, 2.75) is 19.8 Å². The molecular formula is C12H16ClN. The van der Waals surface area contributed by atoms with Crippen LogP contribution in [0.1, 0.15) is 25.3 Å². The van der Waals surface area contributed by atoms with Crippen molar-refractivity contribution >= 4 is 11.6 Å². The van der Waals surface area contributed by atoms with Crippen LogP contribution >= 0.6 is 11.6 Å². The van der Waals surface area contributed by atoms with Gasteiger partial charge in [-0.15, -0.1) is 0 Å². The number of nitrogens with two attached hydrogens (primary N) is 1. The molecule has 2 rings (SSSR count). The Morgan fingerprint density at radius 1 is 1.29 bits per heavy atom. The zero-order valence-corrected chi connectivity index (χ0v) is 9.38. The maximum atomic E-state index is 5.85. The van der Waals surface area contributed by atoms with Crippen molar-refractivity contribution in [2.24, 2.45) is 17.1 Å². The van der Waals surface area contributed by atoms with E-state index in [1.54, 1.807) is 0 Å². The number of halogens is 1. The van der Waals surface area contributed by atoms with E-state index in [0.717, 1.165) is 11.6 Å². The SMILES string of the molecule is CC1(C)[C@H](CN)[C@H]1c1ccc(Cl)cc1. The molecule has 0 bridgehead atoms. The standard InChI is InChI=1S/C12H16ClN/c1-12(2)10(7-14)11(12)8-3-5-9(13)6-4-8/h3-6,10-11H,7,14H2,1-2H3/t10-,11-/m1/s1. The zero-order chi connectivity index (χ0) is 10.3. The summed E-state index contributed by atoms with van der Waals surface area (Å²) < 4.78 is 0. The van der Waals surface area contributed by atoms with Crippen LogP contribution in [0.25, 0.3) is 0 Å². The molecule has 0 aromatic heterocycles. The molecule has 1 aromatic rings. The molecule has 0 amide bonds. The molecule has 0 unspecified atom stereocenters. The molecule has 0 spiro atoms. The van der Waals surface area contributed by atoms with Gasteiger partial charge < -0.3 is 5.73 Å². The van der Waals surface area contributed by atoms with Gasteiger partial charge in [0, 0.05) is 5.02 Å². The Kier molecular flexibility index (Phi) is 2.32. The van der Waals surface area contributed by atoms with Crippen LogP contribution < -0.4 is 5.73 Å². The third-order valence-corrected chi connectivity index (χ3v) is 3.79. The Labute approximate surface area is 90.3 Å². The van der Waals surface area contributed by atoms with Crippen molar-refractivity contribution in [3.63, 3.8) is 0 Å². The first-order chi connectivity index (χ1) is 6.57. The highest BCUT2D eigenvalue weighted by Crippen LogP contribution is 2.63. The third kappa shape index (κ3) is 1.45. The molecular weight excluding hydrogens is 194 g/mol. The van der Waals surface area contributed by atoms with E-state index in [1.807, 2.05) is 12.1 Å². The van der Waals surface area contributed by atoms with Gasteiger partial charge in [-0.2, -0.15) is 0 Å². The summed E-state index contributed by atoms with van der Waals surface area (Å²) in [5.74, 6) is 1.24. The minimum atomic E-state index is 0.364. The van der Waals surface area contributed by atoms with Crippen molar-refractivity contribution in [3.8, 4) is 0 Å². The van der Waals surface area contributed by atoms with Crippen LogP contribution in [0.15, 0.2) is 24.3 Å². The summed E-state index contributed by atoms with van der Waals surface area (Å²) in [5.41, 5.74) is 7.47. The first kappa shape index (κ1) is 10.0. The van der Waals surface area contributed by atoms with Gasteiger partial charge in [-0.3, -0.25) is 0 Å². The molecule has 0 saturated heterocycles. The Hall–Kier alpha value is -0.530. The van der Waals surface area contributed by atoms with Crippen molar-refractivity contribution < 1.29 is 0 Å². The lowest BCUT2D eigenvalue weighted by Gasteiger charge is -2.02. The van der Waals surface area contributed by atoms with Gasteiger partial charge in [0.05, 0.1) is 0 Å². The number of hydrogen-bond donors (Lipinski definition) is 1. The van der Waals surface area contributed by atoms with E-state index in [4.69, 9.17) is 17.3 Å². The van der Waals surface area contributed by atoms with Gasteiger partial charge in [0.2, 0.25) is 0 Å². The van der Waals surface area contributed by atoms with Crippen molar-refractivity contribution in [1.29, 1.82) is 0 Å². The smallest absolute Gasteiger partial charge is 0.0406 e. The molecule has 1 aliphatic carbocycles. The molecule has 76 valence electrons. The second-order valence-corrected chi connectivity index (χ2v) is 5.13. The monoisotopic (exact) mass is 209 g/mol. The van der Waals surface area contributed by atoms with Gasteiger partial charge in [-0.25, -0.2) is 0 Å². The zero-order valence-electron chi connectivity index (χ0n) is 8.63. The maximum absolute atomic E-state index is 5.85. The van der Waals surface area contributed by atoms with E-state index in [2.05, 4.69) is 26.0 Å². The quantitative estimate of drug-likeness (QED) is 0.796. The topological polar surface area (TPSA) is 26.0 Å². The highest BCUT2D eigenvalue weighted by Gasteiger charge is 2.56. The van der Waals surface area contributed by atoms with Crippen LogP contribution in [-0.2, 0) is 0 Å². The van der Waals surface area contributed by atoms with E-state index in [-0.39, 0.29) is 0 Å². The highest BCUT2D eigenvalue weighted by atomic mass is 35.5. The van der Waals surface area contributed by atoms with E-state index >= 15 is 0 Å². The van der Waals surface area contributed by atoms with Gasteiger partial charge in [0.15, 0.2) is 0 Å². The average molecular weight is 210 g/mol. The Morgan fingerprint density at radius 3 is 2.29 bits per heavy atom. The molecule has 2 heteroatoms. The van der Waals surface area contributed by atoms with Crippen molar-refractivity contribution in [3.05, 3.63) is 34.9 Å². The van der Waals surface area contributed by atoms with Crippen LogP contribution in [0.3, 0.4) is 0 Å². The fourth-order valence-corrected chi connectivity index (χ4v) is 2.64. The molecule has 1 fully saturated rings. The fraction of sp³-hybridized carbons (Fsp3) is 0.500. The first-order valence-corrected chi connectivity index (χ1v) is 5.40. The first-order valence-electron chi connectivity index (χ1n) is 5.03. The minimum Gasteiger partial charge on any atom is -0.330 e. The van der Waals surface area contributed by atoms with E-state index in [1.165, 1.54) is 5.56 Å². The maximum Gasteiger partial charge on any atom is 0.0406 e. The largest absolute Gasteiger partial charge is 0.330 e. The summed E-state index contributed by atoms with van der Waals surface area (Å²) in [5, 5.41) is 0.802. The van der Waals surface area contributed by atoms with E-state index in [0.29, 0.717) is 17.3 Å². The Bertz CT molecular complexity index is 329. The summed E-state index contributed by atoms with van der Waals surface area (Å²) in [4.78, 5) is 0. The van der Waals surface area contributed by atoms with Gasteiger partial charge in [-0.05, 0) is 41.5 Å². The normalized spacial score (nSPS) is 28.9. The van der Waals surface area contributed by atoms with Crippen LogP contribution in [0, 0.1) is 11.3 Å². The van der Waals surface area contributed by atoms with Crippen molar-refractivity contribution in [1.82, 2.24) is 0 Å². The molecule has 2 atom stereocenters. The second kappa shape index (κ2) is 3.25. The lowest BCUT2D eigenvalue weighted by atomic mass is 10.0. The lowest BCUT2D eigenvalue weighted by Crippen LogP contribution is -2.05.